The number of methoxy groups -OCH3 is 1. The highest BCUT2D eigenvalue weighted by atomic mass is 16.5. The van der Waals surface area contributed by atoms with Crippen molar-refractivity contribution in [3.05, 3.63) is 84.4 Å². The molecule has 1 aliphatic heterocycles. The maximum Gasteiger partial charge on any atom is 0.321 e. The van der Waals surface area contributed by atoms with E-state index in [0.717, 1.165) is 22.9 Å². The van der Waals surface area contributed by atoms with Crippen LogP contribution in [0.4, 0.5) is 10.5 Å². The number of carbonyl (C=O) groups is 1. The molecule has 3 aromatic rings. The van der Waals surface area contributed by atoms with Gasteiger partial charge in [0.05, 0.1) is 7.11 Å². The molecule has 0 aromatic heterocycles. The lowest BCUT2D eigenvalue weighted by Crippen LogP contribution is -2.61. The van der Waals surface area contributed by atoms with E-state index >= 15 is 0 Å². The van der Waals surface area contributed by atoms with E-state index in [9.17, 15) is 4.79 Å². The standard InChI is InChI=1S/C25H27N3O3/c1-18(19-8-12-22(30-2)13-9-19)26-21-16-28(17-21)25(29)27-20-10-14-24(15-11-20)31-23-6-4-3-5-7-23/h3-15,18,21,26H,16-17H2,1-2H3,(H,27,29). The number of hydrogen-bond acceptors (Lipinski definition) is 4. The number of urea groups is 1. The van der Waals surface area contributed by atoms with Crippen molar-refractivity contribution in [2.75, 3.05) is 25.5 Å². The molecule has 6 nitrogen and oxygen atoms in total. The van der Waals surface area contributed by atoms with E-state index in [1.807, 2.05) is 66.7 Å². The fraction of sp³-hybridized carbons (Fsp3) is 0.240. The Labute approximate surface area is 182 Å². The van der Waals surface area contributed by atoms with Crippen LogP contribution in [0.15, 0.2) is 78.9 Å². The van der Waals surface area contributed by atoms with Gasteiger partial charge in [0.25, 0.3) is 0 Å². The van der Waals surface area contributed by atoms with Gasteiger partial charge in [0, 0.05) is 30.9 Å². The van der Waals surface area contributed by atoms with Gasteiger partial charge in [-0.2, -0.15) is 0 Å². The van der Waals surface area contributed by atoms with Gasteiger partial charge >= 0.3 is 6.03 Å². The molecule has 3 aromatic carbocycles. The topological polar surface area (TPSA) is 62.8 Å². The lowest BCUT2D eigenvalue weighted by atomic mass is 10.0. The van der Waals surface area contributed by atoms with E-state index in [-0.39, 0.29) is 18.1 Å². The second kappa shape index (κ2) is 9.53. The first-order valence-corrected chi connectivity index (χ1v) is 10.4. The van der Waals surface area contributed by atoms with Crippen LogP contribution in [0.2, 0.25) is 0 Å². The van der Waals surface area contributed by atoms with Crippen LogP contribution >= 0.6 is 0 Å². The summed E-state index contributed by atoms with van der Waals surface area (Å²) in [5.41, 5.74) is 1.94. The van der Waals surface area contributed by atoms with Gasteiger partial charge in [0.2, 0.25) is 0 Å². The van der Waals surface area contributed by atoms with Crippen LogP contribution in [0.1, 0.15) is 18.5 Å². The molecular weight excluding hydrogens is 390 g/mol. The normalized spacial score (nSPS) is 14.5. The first kappa shape index (κ1) is 20.8. The third-order valence-electron chi connectivity index (χ3n) is 5.35. The molecule has 1 atom stereocenters. The molecular formula is C25H27N3O3. The van der Waals surface area contributed by atoms with Gasteiger partial charge < -0.3 is 25.0 Å². The van der Waals surface area contributed by atoms with Gasteiger partial charge in [-0.1, -0.05) is 30.3 Å². The number of hydrogen-bond donors (Lipinski definition) is 2. The van der Waals surface area contributed by atoms with E-state index < -0.39 is 0 Å². The van der Waals surface area contributed by atoms with Crippen LogP contribution in [0.25, 0.3) is 0 Å². The Kier molecular flexibility index (Phi) is 6.38. The van der Waals surface area contributed by atoms with Crippen LogP contribution in [-0.2, 0) is 0 Å². The molecule has 4 rings (SSSR count). The monoisotopic (exact) mass is 417 g/mol. The number of anilines is 1. The molecule has 2 amide bonds. The molecule has 0 spiro atoms. The summed E-state index contributed by atoms with van der Waals surface area (Å²) in [6.45, 7) is 3.49. The zero-order valence-electron chi connectivity index (χ0n) is 17.7. The maximum absolute atomic E-state index is 12.5. The van der Waals surface area contributed by atoms with Crippen LogP contribution < -0.4 is 20.1 Å². The van der Waals surface area contributed by atoms with Gasteiger partial charge in [-0.05, 0) is 61.0 Å². The van der Waals surface area contributed by atoms with Crippen LogP contribution in [0.3, 0.4) is 0 Å². The first-order valence-electron chi connectivity index (χ1n) is 10.4. The van der Waals surface area contributed by atoms with Gasteiger partial charge in [-0.15, -0.1) is 0 Å². The summed E-state index contributed by atoms with van der Waals surface area (Å²) in [6, 6.07) is 25.4. The Balaban J connectivity index is 1.22. The SMILES string of the molecule is COc1ccc(C(C)NC2CN(C(=O)Nc3ccc(Oc4ccccc4)cc3)C2)cc1. The van der Waals surface area contributed by atoms with Crippen molar-refractivity contribution in [1.29, 1.82) is 0 Å². The summed E-state index contributed by atoms with van der Waals surface area (Å²) in [5, 5.41) is 6.51. The molecule has 160 valence electrons. The number of nitrogens with zero attached hydrogens (tertiary/aromatic N) is 1. The van der Waals surface area contributed by atoms with Crippen molar-refractivity contribution >= 4 is 11.7 Å². The van der Waals surface area contributed by atoms with Crippen molar-refractivity contribution in [1.82, 2.24) is 10.2 Å². The molecule has 1 fully saturated rings. The minimum absolute atomic E-state index is 0.0909. The van der Waals surface area contributed by atoms with Crippen molar-refractivity contribution in [3.8, 4) is 17.2 Å². The van der Waals surface area contributed by atoms with E-state index in [4.69, 9.17) is 9.47 Å². The quantitative estimate of drug-likeness (QED) is 0.564. The highest BCUT2D eigenvalue weighted by molar-refractivity contribution is 5.90. The maximum atomic E-state index is 12.5. The number of carbonyl (C=O) groups excluding carboxylic acids is 1. The molecule has 6 heteroatoms. The second-order valence-electron chi connectivity index (χ2n) is 7.63. The molecule has 31 heavy (non-hydrogen) atoms. The number of rotatable bonds is 7. The van der Waals surface area contributed by atoms with E-state index in [0.29, 0.717) is 13.1 Å². The Bertz CT molecular complexity index is 985. The van der Waals surface area contributed by atoms with Gasteiger partial charge in [-0.25, -0.2) is 4.79 Å². The van der Waals surface area contributed by atoms with Crippen molar-refractivity contribution in [3.63, 3.8) is 0 Å². The molecule has 2 N–H and O–H groups in total. The first-order chi connectivity index (χ1) is 15.1. The summed E-state index contributed by atoms with van der Waals surface area (Å²) in [5.74, 6) is 2.36. The largest absolute Gasteiger partial charge is 0.497 e. The minimum atomic E-state index is -0.0909. The molecule has 0 bridgehead atoms. The Morgan fingerprint density at radius 2 is 1.52 bits per heavy atom. The van der Waals surface area contributed by atoms with E-state index in [1.165, 1.54) is 5.56 Å². The molecule has 1 heterocycles. The number of benzene rings is 3. The molecule has 0 radical (unpaired) electrons. The van der Waals surface area contributed by atoms with E-state index in [1.54, 1.807) is 12.0 Å². The van der Waals surface area contributed by atoms with Gasteiger partial charge in [0.1, 0.15) is 17.2 Å². The van der Waals surface area contributed by atoms with Crippen molar-refractivity contribution in [2.45, 2.75) is 19.0 Å². The minimum Gasteiger partial charge on any atom is -0.497 e. The van der Waals surface area contributed by atoms with Crippen molar-refractivity contribution in [2.24, 2.45) is 0 Å². The number of likely N-dealkylation sites (tertiary alicyclic amines) is 1. The Hall–Kier alpha value is -3.51. The fourth-order valence-electron chi connectivity index (χ4n) is 3.53. The zero-order valence-corrected chi connectivity index (χ0v) is 17.7. The highest BCUT2D eigenvalue weighted by Crippen LogP contribution is 2.24. The third kappa shape index (κ3) is 5.35. The highest BCUT2D eigenvalue weighted by Gasteiger charge is 2.31. The Morgan fingerprint density at radius 3 is 2.16 bits per heavy atom. The molecule has 0 aliphatic carbocycles. The van der Waals surface area contributed by atoms with Crippen LogP contribution in [0.5, 0.6) is 17.2 Å². The lowest BCUT2D eigenvalue weighted by Gasteiger charge is -2.41. The number of ether oxygens (including phenoxy) is 2. The fourth-order valence-corrected chi connectivity index (χ4v) is 3.53. The smallest absolute Gasteiger partial charge is 0.321 e. The second-order valence-corrected chi connectivity index (χ2v) is 7.63. The average Bonchev–Trinajstić information content (AvgIpc) is 2.78. The summed E-state index contributed by atoms with van der Waals surface area (Å²) in [4.78, 5) is 14.3. The van der Waals surface area contributed by atoms with Crippen LogP contribution in [0, 0.1) is 0 Å². The molecule has 0 saturated carbocycles. The number of nitrogens with one attached hydrogen (secondary N) is 2. The average molecular weight is 418 g/mol. The molecule has 1 unspecified atom stereocenters. The molecule has 1 saturated heterocycles. The summed E-state index contributed by atoms with van der Waals surface area (Å²) >= 11 is 0. The van der Waals surface area contributed by atoms with Gasteiger partial charge in [-0.3, -0.25) is 0 Å². The lowest BCUT2D eigenvalue weighted by molar-refractivity contribution is 0.143. The third-order valence-corrected chi connectivity index (χ3v) is 5.35. The van der Waals surface area contributed by atoms with Crippen LogP contribution in [-0.4, -0.2) is 37.2 Å². The van der Waals surface area contributed by atoms with Crippen molar-refractivity contribution < 1.29 is 14.3 Å². The Morgan fingerprint density at radius 1 is 0.903 bits per heavy atom. The van der Waals surface area contributed by atoms with Gasteiger partial charge in [0.15, 0.2) is 0 Å². The number of para-hydroxylation sites is 1. The predicted molar refractivity (Wildman–Crippen MR) is 122 cm³/mol. The summed E-state index contributed by atoms with van der Waals surface area (Å²) in [6.07, 6.45) is 0. The summed E-state index contributed by atoms with van der Waals surface area (Å²) in [7, 11) is 1.66. The molecule has 1 aliphatic rings. The van der Waals surface area contributed by atoms with E-state index in [2.05, 4.69) is 29.7 Å². The zero-order chi connectivity index (χ0) is 21.6. The number of amides is 2. The summed E-state index contributed by atoms with van der Waals surface area (Å²) < 4.78 is 11.0. The predicted octanol–water partition coefficient (Wildman–Crippen LogP) is 5.05.